The smallest absolute Gasteiger partial charge is 0.264 e. The molecular weight excluding hydrogens is 406 g/mol. The molecule has 12 heteroatoms. The largest absolute Gasteiger partial charge is 0.495 e. The van der Waals surface area contributed by atoms with E-state index in [9.17, 15) is 4.79 Å². The number of ether oxygens (including phenoxy) is 1. The fraction of sp³-hybridized carbons (Fsp3) is 0.125. The van der Waals surface area contributed by atoms with Gasteiger partial charge in [-0.05, 0) is 30.3 Å². The first-order valence-electron chi connectivity index (χ1n) is 7.86. The number of nitrogens with zero attached hydrogens (tertiary/aromatic N) is 4. The summed E-state index contributed by atoms with van der Waals surface area (Å²) in [6, 6.07) is 8.43. The van der Waals surface area contributed by atoms with Gasteiger partial charge in [-0.3, -0.25) is 4.79 Å². The van der Waals surface area contributed by atoms with Gasteiger partial charge < -0.3 is 20.3 Å². The Bertz CT molecular complexity index is 975. The number of hydrazone groups is 1. The lowest BCUT2D eigenvalue weighted by atomic mass is 10.3. The standard InChI is InChI=1S/C16H16ClN7O3S/c1-26-13-5-4-10(17)7-12(13)20-14(25)9-28-16-23-22-15(24(16)18)21-19-8-11-3-2-6-27-11/h2-8H,9,18H2,1H3,(H,20,25)(H,21,22)/b19-8+. The predicted octanol–water partition coefficient (Wildman–Crippen LogP) is 2.42. The number of furan rings is 1. The number of halogens is 1. The zero-order valence-corrected chi connectivity index (χ0v) is 16.2. The molecule has 2 aromatic heterocycles. The van der Waals surface area contributed by atoms with Crippen LogP contribution in [-0.4, -0.2) is 39.9 Å². The Morgan fingerprint density at radius 3 is 3.07 bits per heavy atom. The van der Waals surface area contributed by atoms with Crippen LogP contribution in [0.15, 0.2) is 51.3 Å². The summed E-state index contributed by atoms with van der Waals surface area (Å²) in [5, 5.41) is 15.3. The van der Waals surface area contributed by atoms with Crippen LogP contribution in [0.25, 0.3) is 0 Å². The van der Waals surface area contributed by atoms with Gasteiger partial charge in [0.2, 0.25) is 11.1 Å². The van der Waals surface area contributed by atoms with E-state index in [1.54, 1.807) is 30.3 Å². The summed E-state index contributed by atoms with van der Waals surface area (Å²) in [5.41, 5.74) is 3.13. The monoisotopic (exact) mass is 421 g/mol. The quantitative estimate of drug-likeness (QED) is 0.218. The van der Waals surface area contributed by atoms with Crippen LogP contribution in [0, 0.1) is 0 Å². The summed E-state index contributed by atoms with van der Waals surface area (Å²) in [6.45, 7) is 0. The van der Waals surface area contributed by atoms with Crippen LogP contribution in [0.4, 0.5) is 11.6 Å². The molecule has 146 valence electrons. The minimum absolute atomic E-state index is 0.0562. The van der Waals surface area contributed by atoms with Gasteiger partial charge in [-0.2, -0.15) is 5.10 Å². The Labute approximate surface area is 169 Å². The van der Waals surface area contributed by atoms with Crippen molar-refractivity contribution in [2.24, 2.45) is 5.10 Å². The van der Waals surface area contributed by atoms with E-state index in [2.05, 4.69) is 26.0 Å². The Morgan fingerprint density at radius 1 is 1.46 bits per heavy atom. The summed E-state index contributed by atoms with van der Waals surface area (Å²) >= 11 is 7.07. The number of nitrogen functional groups attached to an aromatic ring is 1. The first-order chi connectivity index (χ1) is 13.6. The van der Waals surface area contributed by atoms with E-state index < -0.39 is 0 Å². The number of carbonyl (C=O) groups excluding carboxylic acids is 1. The molecule has 28 heavy (non-hydrogen) atoms. The van der Waals surface area contributed by atoms with Crippen molar-refractivity contribution in [1.82, 2.24) is 14.9 Å². The minimum atomic E-state index is -0.279. The molecule has 0 aliphatic rings. The number of rotatable bonds is 8. The second-order valence-electron chi connectivity index (χ2n) is 5.24. The first-order valence-corrected chi connectivity index (χ1v) is 9.22. The van der Waals surface area contributed by atoms with Crippen molar-refractivity contribution in [3.63, 3.8) is 0 Å². The lowest BCUT2D eigenvalue weighted by Crippen LogP contribution is -2.17. The van der Waals surface area contributed by atoms with Crippen LogP contribution in [0.5, 0.6) is 5.75 Å². The molecule has 1 aromatic carbocycles. The molecule has 0 spiro atoms. The van der Waals surface area contributed by atoms with Crippen LogP contribution in [0.2, 0.25) is 5.02 Å². The van der Waals surface area contributed by atoms with Crippen LogP contribution in [0.3, 0.4) is 0 Å². The highest BCUT2D eigenvalue weighted by atomic mass is 35.5. The summed E-state index contributed by atoms with van der Waals surface area (Å²) in [4.78, 5) is 12.2. The maximum atomic E-state index is 12.2. The summed E-state index contributed by atoms with van der Waals surface area (Å²) < 4.78 is 11.5. The predicted molar refractivity (Wildman–Crippen MR) is 107 cm³/mol. The number of aromatic nitrogens is 3. The zero-order valence-electron chi connectivity index (χ0n) is 14.6. The molecule has 3 rings (SSSR count). The molecule has 0 radical (unpaired) electrons. The summed E-state index contributed by atoms with van der Waals surface area (Å²) in [7, 11) is 1.51. The van der Waals surface area contributed by atoms with Crippen molar-refractivity contribution in [3.05, 3.63) is 47.4 Å². The highest BCUT2D eigenvalue weighted by molar-refractivity contribution is 7.99. The van der Waals surface area contributed by atoms with Gasteiger partial charge in [0, 0.05) is 5.02 Å². The topological polar surface area (TPSA) is 133 Å². The van der Waals surface area contributed by atoms with Crippen molar-refractivity contribution in [1.29, 1.82) is 0 Å². The average molecular weight is 422 g/mol. The zero-order chi connectivity index (χ0) is 19.9. The van der Waals surface area contributed by atoms with E-state index in [4.69, 9.17) is 26.6 Å². The molecule has 10 nitrogen and oxygen atoms in total. The number of amides is 1. The normalized spacial score (nSPS) is 10.9. The van der Waals surface area contributed by atoms with E-state index in [-0.39, 0.29) is 17.6 Å². The first kappa shape index (κ1) is 19.6. The van der Waals surface area contributed by atoms with Gasteiger partial charge in [-0.1, -0.05) is 23.4 Å². The molecule has 1 amide bonds. The lowest BCUT2D eigenvalue weighted by molar-refractivity contribution is -0.113. The van der Waals surface area contributed by atoms with Gasteiger partial charge in [-0.15, -0.1) is 10.2 Å². The molecule has 0 aliphatic heterocycles. The van der Waals surface area contributed by atoms with E-state index >= 15 is 0 Å². The lowest BCUT2D eigenvalue weighted by Gasteiger charge is -2.10. The van der Waals surface area contributed by atoms with E-state index in [1.807, 2.05) is 0 Å². The van der Waals surface area contributed by atoms with E-state index in [0.717, 1.165) is 11.8 Å². The third-order valence-corrected chi connectivity index (χ3v) is 4.51. The number of carbonyl (C=O) groups is 1. The van der Waals surface area contributed by atoms with E-state index in [1.165, 1.54) is 24.3 Å². The molecule has 0 fully saturated rings. The van der Waals surface area contributed by atoms with Crippen molar-refractivity contribution < 1.29 is 13.9 Å². The maximum Gasteiger partial charge on any atom is 0.264 e. The van der Waals surface area contributed by atoms with Crippen molar-refractivity contribution in [2.75, 3.05) is 29.4 Å². The highest BCUT2D eigenvalue weighted by Crippen LogP contribution is 2.28. The average Bonchev–Trinajstić information content (AvgIpc) is 3.31. The number of hydrogen-bond donors (Lipinski definition) is 3. The van der Waals surface area contributed by atoms with Crippen LogP contribution in [-0.2, 0) is 4.79 Å². The number of benzene rings is 1. The molecule has 2 heterocycles. The minimum Gasteiger partial charge on any atom is -0.495 e. The third-order valence-electron chi connectivity index (χ3n) is 3.33. The fourth-order valence-corrected chi connectivity index (χ4v) is 2.89. The SMILES string of the molecule is COc1ccc(Cl)cc1NC(=O)CSc1nnc(N/N=C/c2ccco2)n1N. The molecule has 3 aromatic rings. The molecule has 0 saturated heterocycles. The molecule has 0 saturated carbocycles. The Morgan fingerprint density at radius 2 is 2.32 bits per heavy atom. The number of hydrogen-bond acceptors (Lipinski definition) is 9. The number of anilines is 2. The molecule has 0 aliphatic carbocycles. The van der Waals surface area contributed by atoms with Crippen LogP contribution in [0.1, 0.15) is 5.76 Å². The van der Waals surface area contributed by atoms with Gasteiger partial charge in [0.15, 0.2) is 0 Å². The molecule has 4 N–H and O–H groups in total. The van der Waals surface area contributed by atoms with Gasteiger partial charge in [-0.25, -0.2) is 10.1 Å². The van der Waals surface area contributed by atoms with Gasteiger partial charge in [0.25, 0.3) is 5.95 Å². The molecule has 0 bridgehead atoms. The molecular formula is C16H16ClN7O3S. The summed E-state index contributed by atoms with van der Waals surface area (Å²) in [5.74, 6) is 6.97. The van der Waals surface area contributed by atoms with E-state index in [0.29, 0.717) is 27.4 Å². The fourth-order valence-electron chi connectivity index (χ4n) is 2.06. The maximum absolute atomic E-state index is 12.2. The van der Waals surface area contributed by atoms with Gasteiger partial charge in [0.1, 0.15) is 11.5 Å². The Balaban J connectivity index is 1.55. The highest BCUT2D eigenvalue weighted by Gasteiger charge is 2.13. The second kappa shape index (κ2) is 9.15. The number of methoxy groups -OCH3 is 1. The van der Waals surface area contributed by atoms with Gasteiger partial charge >= 0.3 is 0 Å². The van der Waals surface area contributed by atoms with Crippen LogP contribution < -0.4 is 21.3 Å². The number of nitrogens with two attached hydrogens (primary N) is 1. The van der Waals surface area contributed by atoms with Crippen LogP contribution >= 0.6 is 23.4 Å². The molecule has 0 atom stereocenters. The molecule has 0 unspecified atom stereocenters. The van der Waals surface area contributed by atoms with Crippen molar-refractivity contribution >= 4 is 47.1 Å². The second-order valence-corrected chi connectivity index (χ2v) is 6.62. The third kappa shape index (κ3) is 4.96. The number of thioether (sulfide) groups is 1. The Kier molecular flexibility index (Phi) is 6.40. The van der Waals surface area contributed by atoms with Crippen molar-refractivity contribution in [2.45, 2.75) is 5.16 Å². The van der Waals surface area contributed by atoms with Crippen molar-refractivity contribution in [3.8, 4) is 5.75 Å². The Hall–Kier alpha value is -3.18. The summed E-state index contributed by atoms with van der Waals surface area (Å²) in [6.07, 6.45) is 3.00. The van der Waals surface area contributed by atoms with Gasteiger partial charge in [0.05, 0.1) is 31.0 Å². The number of nitrogens with one attached hydrogen (secondary N) is 2.